The molecule has 22 heteroatoms. The predicted octanol–water partition coefficient (Wildman–Crippen LogP) is 8.94. The lowest BCUT2D eigenvalue weighted by molar-refractivity contribution is -0.161. The molecule has 0 spiro atoms. The van der Waals surface area contributed by atoms with E-state index in [0.717, 1.165) is 55.7 Å². The zero-order valence-corrected chi connectivity index (χ0v) is 45.8. The first-order chi connectivity index (χ1) is 36.5. The van der Waals surface area contributed by atoms with Gasteiger partial charge in [0.2, 0.25) is 0 Å². The summed E-state index contributed by atoms with van der Waals surface area (Å²) in [5.74, 6) is -1.71. The van der Waals surface area contributed by atoms with Crippen molar-refractivity contribution in [3.8, 4) is 0 Å². The molecule has 1 fully saturated rings. The van der Waals surface area contributed by atoms with Gasteiger partial charge in [0.25, 0.3) is 0 Å². The number of carbonyl (C=O) groups is 2. The second-order valence-corrected chi connectivity index (χ2v) is 20.6. The molecule has 2 unspecified atom stereocenters. The van der Waals surface area contributed by atoms with E-state index in [9.17, 15) is 53.7 Å². The molecule has 9 atom stereocenters. The van der Waals surface area contributed by atoms with Crippen LogP contribution < -0.4 is 11.4 Å². The third kappa shape index (κ3) is 32.2. The first-order valence-electron chi connectivity index (χ1n) is 26.1. The average Bonchev–Trinajstić information content (AvgIpc) is 3.65. The number of phosphoric ester groups is 2. The summed E-state index contributed by atoms with van der Waals surface area (Å²) in [5.41, 5.74) is 4.55. The summed E-state index contributed by atoms with van der Waals surface area (Å²) in [4.78, 5) is 62.0. The number of allylic oxidation sites excluding steroid dienone is 17. The summed E-state index contributed by atoms with van der Waals surface area (Å²) in [6.07, 6.45) is 39.1. The van der Waals surface area contributed by atoms with Crippen molar-refractivity contribution in [1.82, 2.24) is 9.55 Å². The molecule has 1 aliphatic rings. The molecule has 76 heavy (non-hydrogen) atoms. The lowest BCUT2D eigenvalue weighted by Gasteiger charge is -2.22. The summed E-state index contributed by atoms with van der Waals surface area (Å²) in [7, 11) is -11.0. The second-order valence-electron chi connectivity index (χ2n) is 17.6. The lowest BCUT2D eigenvalue weighted by atomic mass is 10.0. The Morgan fingerprint density at radius 3 is 1.80 bits per heavy atom. The van der Waals surface area contributed by atoms with Crippen LogP contribution in [0.5, 0.6) is 0 Å². The second kappa shape index (κ2) is 40.5. The smallest absolute Gasteiger partial charge is 0.462 e. The van der Waals surface area contributed by atoms with Crippen molar-refractivity contribution in [2.45, 2.75) is 172 Å². The molecule has 1 saturated heterocycles. The Bertz CT molecular complexity index is 2240. The van der Waals surface area contributed by atoms with Crippen molar-refractivity contribution in [2.75, 3.05) is 25.6 Å². The van der Waals surface area contributed by atoms with Crippen LogP contribution in [0.1, 0.15) is 136 Å². The van der Waals surface area contributed by atoms with Gasteiger partial charge in [-0.15, -0.1) is 0 Å². The molecule has 1 aromatic rings. The SMILES string of the molecule is CC/C=C\C/C=C\C/C=C\C/C=C\C[C@@H](O)[C@H](O)CCCC(=O)O[C@H](COC(=O)CC/C=C\C/C=C\C/C=C\C/C=C\C/C=C\CCCCC)COP(=O)(O)OP(=O)(O)OC[C@H]1O[C@@H](n2ccc(N)nc2=O)[C@H](O)[C@@H]1O. The molecule has 0 aliphatic carbocycles. The summed E-state index contributed by atoms with van der Waals surface area (Å²) in [5, 5.41) is 41.9. The number of aliphatic hydroxyl groups excluding tert-OH is 4. The van der Waals surface area contributed by atoms with Gasteiger partial charge < -0.3 is 50.2 Å². The number of anilines is 1. The maximum absolute atomic E-state index is 12.9. The number of aliphatic hydroxyl groups is 4. The topological polar surface area (TPSA) is 306 Å². The number of nitrogens with two attached hydrogens (primary N) is 1. The summed E-state index contributed by atoms with van der Waals surface area (Å²) in [6, 6.07) is 1.22. The zero-order chi connectivity index (χ0) is 55.9. The van der Waals surface area contributed by atoms with Crippen LogP contribution in [0.15, 0.2) is 126 Å². The van der Waals surface area contributed by atoms with Crippen LogP contribution in [0.2, 0.25) is 0 Å². The average molecular weight is 1110 g/mol. The van der Waals surface area contributed by atoms with E-state index in [4.69, 9.17) is 29.0 Å². The van der Waals surface area contributed by atoms with Gasteiger partial charge in [0, 0.05) is 19.0 Å². The molecule has 0 saturated carbocycles. The van der Waals surface area contributed by atoms with E-state index >= 15 is 0 Å². The number of hydrogen-bond donors (Lipinski definition) is 7. The van der Waals surface area contributed by atoms with Gasteiger partial charge in [0.1, 0.15) is 30.7 Å². The summed E-state index contributed by atoms with van der Waals surface area (Å²) < 4.78 is 56.5. The minimum Gasteiger partial charge on any atom is -0.462 e. The third-order valence-corrected chi connectivity index (χ3v) is 13.7. The van der Waals surface area contributed by atoms with Crippen molar-refractivity contribution in [3.05, 3.63) is 132 Å². The quantitative estimate of drug-likeness (QED) is 0.0139. The van der Waals surface area contributed by atoms with Crippen LogP contribution in [0.4, 0.5) is 5.82 Å². The van der Waals surface area contributed by atoms with Crippen LogP contribution >= 0.6 is 15.6 Å². The lowest BCUT2D eigenvalue weighted by Crippen LogP contribution is -2.36. The fourth-order valence-corrected chi connectivity index (χ4v) is 9.02. The van der Waals surface area contributed by atoms with Gasteiger partial charge in [-0.05, 0) is 96.0 Å². The number of esters is 2. The number of rotatable bonds is 41. The van der Waals surface area contributed by atoms with E-state index in [0.29, 0.717) is 19.3 Å². The highest BCUT2D eigenvalue weighted by Crippen LogP contribution is 2.60. The van der Waals surface area contributed by atoms with Gasteiger partial charge >= 0.3 is 33.3 Å². The van der Waals surface area contributed by atoms with Crippen molar-refractivity contribution in [1.29, 1.82) is 0 Å². The van der Waals surface area contributed by atoms with Crippen LogP contribution in [-0.2, 0) is 46.3 Å². The standard InChI is InChI=1S/C54H83N3O17P2/c1-3-5-7-9-11-13-15-17-18-19-20-21-22-23-25-27-29-31-33-37-49(60)69-41-44(72-50(61)38-34-36-46(59)45(58)35-32-30-28-26-24-16-14-12-10-8-6-4-2)42-70-75(65,66)74-76(67,68)71-43-47-51(62)52(63)53(73-47)57-40-39-48(55)56-54(57)64/h6,8,11-14,17-18,20-21,23-26,29-32,39-40,44-47,51-53,58-59,62-63H,3-5,7,9-10,15-16,19,22,27-28,33-38,41-43H2,1-2H3,(H,65,66)(H,67,68)(H2,55,56,64)/b8-6-,13-11-,14-12-,18-17-,21-20-,25-23-,26-24-,31-29-,32-30-/t44-,45-,46-,47-,51-,52-,53-/m1/s1. The molecule has 0 amide bonds. The van der Waals surface area contributed by atoms with Crippen molar-refractivity contribution < 1.29 is 76.5 Å². The Morgan fingerprint density at radius 1 is 0.697 bits per heavy atom. The molecule has 0 bridgehead atoms. The van der Waals surface area contributed by atoms with Crippen LogP contribution in [0.3, 0.4) is 0 Å². The highest BCUT2D eigenvalue weighted by Gasteiger charge is 2.46. The summed E-state index contributed by atoms with van der Waals surface area (Å²) >= 11 is 0. The van der Waals surface area contributed by atoms with E-state index in [1.54, 1.807) is 12.2 Å². The van der Waals surface area contributed by atoms with Gasteiger partial charge in [-0.1, -0.05) is 136 Å². The number of hydrogen-bond acceptors (Lipinski definition) is 17. The Hall–Kier alpha value is -4.66. The molecule has 1 aromatic heterocycles. The van der Waals surface area contributed by atoms with Gasteiger partial charge in [-0.3, -0.25) is 23.2 Å². The highest BCUT2D eigenvalue weighted by molar-refractivity contribution is 7.61. The molecule has 1 aliphatic heterocycles. The van der Waals surface area contributed by atoms with Gasteiger partial charge in [-0.2, -0.15) is 9.29 Å². The highest BCUT2D eigenvalue weighted by atomic mass is 31.3. The first kappa shape index (κ1) is 67.4. The maximum Gasteiger partial charge on any atom is 0.481 e. The molecule has 2 rings (SSSR count). The number of ether oxygens (including phenoxy) is 3. The Labute approximate surface area is 447 Å². The molecular formula is C54H83N3O17P2. The number of nitrogen functional groups attached to an aromatic ring is 1. The van der Waals surface area contributed by atoms with E-state index in [1.807, 2.05) is 36.5 Å². The van der Waals surface area contributed by atoms with Gasteiger partial charge in [0.05, 0.1) is 25.4 Å². The monoisotopic (exact) mass is 1110 g/mol. The van der Waals surface area contributed by atoms with E-state index in [2.05, 4.69) is 83.9 Å². The molecule has 426 valence electrons. The molecule has 0 aromatic carbocycles. The maximum atomic E-state index is 12.9. The summed E-state index contributed by atoms with van der Waals surface area (Å²) in [6.45, 7) is 1.64. The fourth-order valence-electron chi connectivity index (χ4n) is 6.91. The Balaban J connectivity index is 1.90. The fraction of sp³-hybridized carbons (Fsp3) is 0.556. The third-order valence-electron chi connectivity index (χ3n) is 11.1. The number of carbonyl (C=O) groups excluding carboxylic acids is 2. The minimum atomic E-state index is -5.53. The van der Waals surface area contributed by atoms with Gasteiger partial charge in [0.15, 0.2) is 12.3 Å². The molecule has 20 nitrogen and oxygen atoms in total. The Morgan fingerprint density at radius 2 is 1.24 bits per heavy atom. The van der Waals surface area contributed by atoms with Crippen molar-refractivity contribution >= 4 is 33.4 Å². The molecular weight excluding hydrogens is 1020 g/mol. The van der Waals surface area contributed by atoms with Crippen LogP contribution in [0.25, 0.3) is 0 Å². The van der Waals surface area contributed by atoms with Crippen LogP contribution in [-0.4, -0.2) is 108 Å². The Kier molecular flexibility index (Phi) is 36.0. The number of nitrogens with zero attached hydrogens (tertiary/aromatic N) is 2. The largest absolute Gasteiger partial charge is 0.481 e. The van der Waals surface area contributed by atoms with E-state index in [1.165, 1.54) is 25.3 Å². The van der Waals surface area contributed by atoms with Crippen molar-refractivity contribution in [2.24, 2.45) is 0 Å². The van der Waals surface area contributed by atoms with E-state index < -0.39 is 95.9 Å². The van der Waals surface area contributed by atoms with Crippen LogP contribution in [0, 0.1) is 0 Å². The zero-order valence-electron chi connectivity index (χ0n) is 44.0. The predicted molar refractivity (Wildman–Crippen MR) is 291 cm³/mol. The molecule has 2 heterocycles. The molecule has 8 N–H and O–H groups in total. The first-order valence-corrected chi connectivity index (χ1v) is 29.1. The van der Waals surface area contributed by atoms with Crippen molar-refractivity contribution in [3.63, 3.8) is 0 Å². The number of unbranched alkanes of at least 4 members (excludes halogenated alkanes) is 3. The number of aromatic nitrogens is 2. The van der Waals surface area contributed by atoms with E-state index in [-0.39, 0.29) is 37.9 Å². The number of phosphoric acid groups is 2. The normalized spacial score (nSPS) is 20.4. The molecule has 0 radical (unpaired) electrons. The minimum absolute atomic E-state index is 0.0149. The van der Waals surface area contributed by atoms with Gasteiger partial charge in [-0.25, -0.2) is 13.9 Å².